The van der Waals surface area contributed by atoms with Crippen LogP contribution in [0.15, 0.2) is 18.2 Å². The molecule has 0 radical (unpaired) electrons. The normalized spacial score (nSPS) is 9.50. The molecule has 3 N–H and O–H groups in total. The van der Waals surface area contributed by atoms with Gasteiger partial charge in [0.1, 0.15) is 0 Å². The highest BCUT2D eigenvalue weighted by molar-refractivity contribution is 5.47. The first kappa shape index (κ1) is 8.48. The van der Waals surface area contributed by atoms with Crippen LogP contribution in [0.25, 0.3) is 0 Å². The van der Waals surface area contributed by atoms with Crippen LogP contribution in [0.2, 0.25) is 0 Å². The van der Waals surface area contributed by atoms with Gasteiger partial charge in [-0.05, 0) is 18.6 Å². The number of aryl methyl sites for hydroxylation is 1. The smallest absolute Gasteiger partial charge is 0.313 e. The second-order valence-electron chi connectivity index (χ2n) is 2.37. The largest absolute Gasteiger partial charge is 0.318 e. The van der Waals surface area contributed by atoms with E-state index in [2.05, 4.69) is 10.7 Å². The quantitative estimate of drug-likeness (QED) is 0.515. The Morgan fingerprint density at radius 1 is 1.58 bits per heavy atom. The van der Waals surface area contributed by atoms with E-state index in [1.165, 1.54) is 12.1 Å². The van der Waals surface area contributed by atoms with Crippen molar-refractivity contribution in [1.29, 1.82) is 0 Å². The molecule has 0 amide bonds. The van der Waals surface area contributed by atoms with Crippen LogP contribution in [-0.2, 0) is 0 Å². The highest BCUT2D eigenvalue weighted by atomic mass is 16.6. The van der Waals surface area contributed by atoms with E-state index in [1.807, 2.05) is 0 Å². The van der Waals surface area contributed by atoms with Crippen molar-refractivity contribution in [3.05, 3.63) is 33.9 Å². The molecule has 0 unspecified atom stereocenters. The van der Waals surface area contributed by atoms with Crippen LogP contribution < -0.4 is 10.7 Å². The molecule has 0 saturated heterocycles. The minimum atomic E-state index is -0.493. The molecule has 64 valence electrons. The molecule has 12 heavy (non-hydrogen) atoms. The van der Waals surface area contributed by atoms with Gasteiger partial charge in [-0.3, -0.25) is 10.1 Å². The van der Waals surface area contributed by atoms with E-state index in [0.717, 1.165) is 5.56 Å². The summed E-state index contributed by atoms with van der Waals surface area (Å²) in [5.74, 6) is 3.31. The van der Waals surface area contributed by atoms with E-state index in [0.29, 0.717) is 0 Å². The van der Waals surface area contributed by atoms with Gasteiger partial charge < -0.3 is 4.84 Å². The van der Waals surface area contributed by atoms with Crippen molar-refractivity contribution in [1.82, 2.24) is 0 Å². The van der Waals surface area contributed by atoms with E-state index >= 15 is 0 Å². The Kier molecular flexibility index (Phi) is 2.25. The number of nitro groups is 1. The number of quaternary nitrogens is 1. The van der Waals surface area contributed by atoms with Gasteiger partial charge in [-0.2, -0.15) is 5.90 Å². The highest BCUT2D eigenvalue weighted by Crippen LogP contribution is 2.25. The monoisotopic (exact) mass is 169 g/mol. The minimum Gasteiger partial charge on any atom is -0.313 e. The van der Waals surface area contributed by atoms with E-state index in [9.17, 15) is 10.1 Å². The zero-order valence-corrected chi connectivity index (χ0v) is 6.61. The molecule has 1 aromatic carbocycles. The molecule has 5 nitrogen and oxygen atoms in total. The molecule has 1 aromatic rings. The summed E-state index contributed by atoms with van der Waals surface area (Å²) in [7, 11) is 0. The molecule has 0 aliphatic rings. The topological polar surface area (TPSA) is 80.0 Å². The van der Waals surface area contributed by atoms with Gasteiger partial charge in [-0.1, -0.05) is 6.07 Å². The first-order valence-corrected chi connectivity index (χ1v) is 3.32. The summed E-state index contributed by atoms with van der Waals surface area (Å²) in [6, 6.07) is 4.70. The molecule has 0 saturated carbocycles. The zero-order valence-electron chi connectivity index (χ0n) is 6.61. The summed E-state index contributed by atoms with van der Waals surface area (Å²) in [6.45, 7) is 1.78. The fourth-order valence-electron chi connectivity index (χ4n) is 0.892. The maximum absolute atomic E-state index is 10.4. The summed E-state index contributed by atoms with van der Waals surface area (Å²) < 4.78 is 0. The number of nitro benzene ring substituents is 1. The third kappa shape index (κ3) is 1.51. The molecular weight excluding hydrogens is 160 g/mol. The third-order valence-electron chi connectivity index (χ3n) is 1.47. The van der Waals surface area contributed by atoms with Crippen LogP contribution in [0, 0.1) is 17.0 Å². The Hall–Kier alpha value is -1.62. The van der Waals surface area contributed by atoms with E-state index in [1.54, 1.807) is 13.0 Å². The predicted molar refractivity (Wildman–Crippen MR) is 41.3 cm³/mol. The molecule has 0 aromatic heterocycles. The number of benzene rings is 1. The number of rotatable bonds is 2. The van der Waals surface area contributed by atoms with E-state index in [4.69, 9.17) is 0 Å². The lowest BCUT2D eigenvalue weighted by Crippen LogP contribution is -2.53. The summed E-state index contributed by atoms with van der Waals surface area (Å²) in [5.41, 5.74) is 0.771. The van der Waals surface area contributed by atoms with Crippen LogP contribution >= 0.6 is 0 Å². The maximum Gasteiger partial charge on any atom is 0.318 e. The maximum atomic E-state index is 10.4. The molecule has 1 rings (SSSR count). The Bertz CT molecular complexity index is 312. The van der Waals surface area contributed by atoms with Gasteiger partial charge in [-0.25, -0.2) is 0 Å². The number of nitrogens with zero attached hydrogens (tertiary/aromatic N) is 1. The van der Waals surface area contributed by atoms with Gasteiger partial charge in [0.15, 0.2) is 0 Å². The van der Waals surface area contributed by atoms with E-state index in [-0.39, 0.29) is 11.4 Å². The summed E-state index contributed by atoms with van der Waals surface area (Å²) in [6.07, 6.45) is 0. The minimum absolute atomic E-state index is 0.0509. The van der Waals surface area contributed by atoms with Crippen LogP contribution in [0.5, 0.6) is 5.75 Å². The second-order valence-corrected chi connectivity index (χ2v) is 2.37. The molecule has 0 aliphatic heterocycles. The van der Waals surface area contributed by atoms with Crippen molar-refractivity contribution in [2.75, 3.05) is 0 Å². The standard InChI is InChI=1S/C7H9N2O3/c1-5-2-3-7(12-8)6(4-5)9(10)11/h2-4H,1,8H3/q+1. The first-order chi connectivity index (χ1) is 5.65. The van der Waals surface area contributed by atoms with Crippen LogP contribution in [0.4, 0.5) is 5.69 Å². The molecule has 5 heteroatoms. The molecule has 0 aliphatic carbocycles. The zero-order chi connectivity index (χ0) is 9.14. The van der Waals surface area contributed by atoms with Crippen LogP contribution in [0.1, 0.15) is 5.56 Å². The molecule has 0 fully saturated rings. The first-order valence-electron chi connectivity index (χ1n) is 3.32. The second kappa shape index (κ2) is 3.19. The van der Waals surface area contributed by atoms with Gasteiger partial charge in [0.25, 0.3) is 5.75 Å². The fourth-order valence-corrected chi connectivity index (χ4v) is 0.892. The predicted octanol–water partition coefficient (Wildman–Crippen LogP) is 0.439. The molecule has 0 spiro atoms. The molecule has 0 atom stereocenters. The van der Waals surface area contributed by atoms with Crippen molar-refractivity contribution in [3.63, 3.8) is 0 Å². The Morgan fingerprint density at radius 3 is 2.75 bits per heavy atom. The van der Waals surface area contributed by atoms with Gasteiger partial charge in [0.05, 0.1) is 4.92 Å². The van der Waals surface area contributed by atoms with Gasteiger partial charge in [-0.15, -0.1) is 0 Å². The Morgan fingerprint density at radius 2 is 2.25 bits per heavy atom. The van der Waals surface area contributed by atoms with Crippen molar-refractivity contribution >= 4 is 5.69 Å². The van der Waals surface area contributed by atoms with Crippen molar-refractivity contribution in [3.8, 4) is 5.75 Å². The lowest BCUT2D eigenvalue weighted by Gasteiger charge is -1.97. The molecule has 0 heterocycles. The number of hydrogen-bond acceptors (Lipinski definition) is 3. The van der Waals surface area contributed by atoms with Gasteiger partial charge in [0.2, 0.25) is 0 Å². The lowest BCUT2D eigenvalue weighted by atomic mass is 10.2. The van der Waals surface area contributed by atoms with Crippen molar-refractivity contribution < 1.29 is 15.7 Å². The summed E-state index contributed by atoms with van der Waals surface area (Å²) in [5, 5.41) is 10.4. The summed E-state index contributed by atoms with van der Waals surface area (Å²) >= 11 is 0. The van der Waals surface area contributed by atoms with Crippen LogP contribution in [-0.4, -0.2) is 4.92 Å². The molecular formula is C7H9N2O3+. The third-order valence-corrected chi connectivity index (χ3v) is 1.47. The number of hydrogen-bond donors (Lipinski definition) is 1. The van der Waals surface area contributed by atoms with Crippen molar-refractivity contribution in [2.24, 2.45) is 0 Å². The SMILES string of the molecule is Cc1ccc(O[NH3+])c([N+](=O)[O-])c1. The average Bonchev–Trinajstić information content (AvgIpc) is 2.04. The Balaban J connectivity index is 3.21. The molecule has 0 bridgehead atoms. The van der Waals surface area contributed by atoms with Crippen molar-refractivity contribution in [2.45, 2.75) is 6.92 Å². The average molecular weight is 169 g/mol. The summed E-state index contributed by atoms with van der Waals surface area (Å²) in [4.78, 5) is 14.5. The van der Waals surface area contributed by atoms with E-state index < -0.39 is 4.92 Å². The lowest BCUT2D eigenvalue weighted by molar-refractivity contribution is -0.636. The van der Waals surface area contributed by atoms with Gasteiger partial charge in [0, 0.05) is 6.07 Å². The van der Waals surface area contributed by atoms with Crippen LogP contribution in [0.3, 0.4) is 0 Å². The van der Waals surface area contributed by atoms with Gasteiger partial charge >= 0.3 is 5.69 Å². The highest BCUT2D eigenvalue weighted by Gasteiger charge is 2.15. The Labute approximate surface area is 68.9 Å². The fraction of sp³-hybridized carbons (Fsp3) is 0.143.